The van der Waals surface area contributed by atoms with Gasteiger partial charge in [-0.05, 0) is 80.4 Å². The minimum atomic E-state index is -4.25. The number of halogens is 3. The molecule has 3 aromatic carbocycles. The van der Waals surface area contributed by atoms with Crippen LogP contribution < -0.4 is 14.4 Å². The molecule has 41 heavy (non-hydrogen) atoms. The van der Waals surface area contributed by atoms with Gasteiger partial charge in [-0.25, -0.2) is 8.42 Å². The van der Waals surface area contributed by atoms with Gasteiger partial charge in [0, 0.05) is 17.6 Å². The van der Waals surface area contributed by atoms with Gasteiger partial charge in [-0.2, -0.15) is 0 Å². The van der Waals surface area contributed by atoms with E-state index >= 15 is 0 Å². The summed E-state index contributed by atoms with van der Waals surface area (Å²) >= 11 is 18.5. The molecular weight excluding hydrogens is 609 g/mol. The highest BCUT2D eigenvalue weighted by atomic mass is 35.5. The Kier molecular flexibility index (Phi) is 11.3. The Labute approximate surface area is 256 Å². The Hall–Kier alpha value is -2.98. The average molecular weight is 641 g/mol. The second kappa shape index (κ2) is 14.3. The number of rotatable bonds is 12. The van der Waals surface area contributed by atoms with Crippen LogP contribution in [-0.2, 0) is 26.2 Å². The maximum Gasteiger partial charge on any atom is 0.264 e. The SMILES string of the molecule is CCC(C(=O)NC(C)C)N(Cc1ccc(Cl)c(Cl)c1)C(=O)CN(c1cccc(Cl)c1)S(=O)(=O)c1ccc(OC)cc1. The van der Waals surface area contributed by atoms with Crippen molar-refractivity contribution in [2.45, 2.75) is 50.7 Å². The second-order valence-corrected chi connectivity index (χ2v) is 12.6. The van der Waals surface area contributed by atoms with E-state index in [4.69, 9.17) is 39.5 Å². The van der Waals surface area contributed by atoms with Crippen molar-refractivity contribution in [3.05, 3.63) is 87.4 Å². The third kappa shape index (κ3) is 8.29. The van der Waals surface area contributed by atoms with Crippen molar-refractivity contribution < 1.29 is 22.7 Å². The van der Waals surface area contributed by atoms with Crippen LogP contribution >= 0.6 is 34.8 Å². The van der Waals surface area contributed by atoms with Gasteiger partial charge in [0.05, 0.1) is 27.7 Å². The summed E-state index contributed by atoms with van der Waals surface area (Å²) in [7, 11) is -2.77. The Morgan fingerprint density at radius 1 is 0.951 bits per heavy atom. The summed E-state index contributed by atoms with van der Waals surface area (Å²) in [6.45, 7) is 4.81. The van der Waals surface area contributed by atoms with Gasteiger partial charge in [0.1, 0.15) is 18.3 Å². The fraction of sp³-hybridized carbons (Fsp3) is 0.310. The van der Waals surface area contributed by atoms with E-state index in [1.165, 1.54) is 42.3 Å². The Bertz CT molecular complexity index is 1480. The number of ether oxygens (including phenoxy) is 1. The normalized spacial score (nSPS) is 12.1. The Morgan fingerprint density at radius 2 is 1.63 bits per heavy atom. The first-order valence-corrected chi connectivity index (χ1v) is 15.4. The summed E-state index contributed by atoms with van der Waals surface area (Å²) in [6, 6.07) is 15.9. The zero-order valence-electron chi connectivity index (χ0n) is 23.1. The second-order valence-electron chi connectivity index (χ2n) is 9.52. The van der Waals surface area contributed by atoms with Crippen molar-refractivity contribution in [2.24, 2.45) is 0 Å². The molecule has 0 saturated carbocycles. The van der Waals surface area contributed by atoms with E-state index in [1.807, 2.05) is 13.8 Å². The molecule has 220 valence electrons. The van der Waals surface area contributed by atoms with Crippen LogP contribution in [0.15, 0.2) is 71.6 Å². The van der Waals surface area contributed by atoms with E-state index in [1.54, 1.807) is 43.3 Å². The van der Waals surface area contributed by atoms with Gasteiger partial charge in [0.15, 0.2) is 0 Å². The lowest BCUT2D eigenvalue weighted by atomic mass is 10.1. The van der Waals surface area contributed by atoms with Crippen LogP contribution in [0.25, 0.3) is 0 Å². The molecule has 1 unspecified atom stereocenters. The molecule has 0 aliphatic heterocycles. The summed E-state index contributed by atoms with van der Waals surface area (Å²) in [4.78, 5) is 28.6. The molecule has 0 heterocycles. The minimum absolute atomic E-state index is 0.00822. The number of carbonyl (C=O) groups is 2. The molecule has 3 aromatic rings. The smallest absolute Gasteiger partial charge is 0.264 e. The summed E-state index contributed by atoms with van der Waals surface area (Å²) in [5.41, 5.74) is 0.812. The molecule has 1 atom stereocenters. The first kappa shape index (κ1) is 32.5. The molecule has 0 fully saturated rings. The Balaban J connectivity index is 2.08. The average Bonchev–Trinajstić information content (AvgIpc) is 2.92. The van der Waals surface area contributed by atoms with Crippen LogP contribution in [0.5, 0.6) is 5.75 Å². The number of nitrogens with one attached hydrogen (secondary N) is 1. The highest BCUT2D eigenvalue weighted by Gasteiger charge is 2.34. The standard InChI is InChI=1S/C29H32Cl3N3O5S/c1-5-27(29(37)33-19(2)3)34(17-20-9-14-25(31)26(32)15-20)28(36)18-35(22-8-6-7-21(30)16-22)41(38,39)24-12-10-23(40-4)11-13-24/h6-16,19,27H,5,17-18H2,1-4H3,(H,33,37). The summed E-state index contributed by atoms with van der Waals surface area (Å²) in [6.07, 6.45) is 0.286. The molecule has 2 amide bonds. The molecule has 0 aliphatic carbocycles. The van der Waals surface area contributed by atoms with Crippen molar-refractivity contribution in [3.63, 3.8) is 0 Å². The van der Waals surface area contributed by atoms with Gasteiger partial charge in [0.25, 0.3) is 10.0 Å². The molecule has 0 radical (unpaired) electrons. The van der Waals surface area contributed by atoms with Gasteiger partial charge in [-0.3, -0.25) is 13.9 Å². The number of hydrogen-bond acceptors (Lipinski definition) is 5. The molecule has 8 nitrogen and oxygen atoms in total. The molecule has 0 spiro atoms. The highest BCUT2D eigenvalue weighted by molar-refractivity contribution is 7.92. The predicted molar refractivity (Wildman–Crippen MR) is 163 cm³/mol. The maximum atomic E-state index is 14.1. The largest absolute Gasteiger partial charge is 0.497 e. The van der Waals surface area contributed by atoms with Crippen molar-refractivity contribution in [2.75, 3.05) is 18.0 Å². The zero-order chi connectivity index (χ0) is 30.3. The lowest BCUT2D eigenvalue weighted by Gasteiger charge is -2.33. The summed E-state index contributed by atoms with van der Waals surface area (Å²) in [5, 5.41) is 3.78. The van der Waals surface area contributed by atoms with Crippen LogP contribution in [0.4, 0.5) is 5.69 Å². The predicted octanol–water partition coefficient (Wildman–Crippen LogP) is 6.18. The zero-order valence-corrected chi connectivity index (χ0v) is 26.2. The number of sulfonamides is 1. The first-order valence-electron chi connectivity index (χ1n) is 12.8. The molecule has 0 aliphatic rings. The van der Waals surface area contributed by atoms with Gasteiger partial charge in [-0.1, -0.05) is 53.9 Å². The first-order chi connectivity index (χ1) is 19.4. The molecular formula is C29H32Cl3N3O5S. The fourth-order valence-corrected chi connectivity index (χ4v) is 6.08. The summed E-state index contributed by atoms with van der Waals surface area (Å²) < 4.78 is 34.0. The lowest BCUT2D eigenvalue weighted by molar-refractivity contribution is -0.140. The van der Waals surface area contributed by atoms with E-state index < -0.39 is 28.5 Å². The Morgan fingerprint density at radius 3 is 2.20 bits per heavy atom. The quantitative estimate of drug-likeness (QED) is 0.255. The van der Waals surface area contributed by atoms with Crippen LogP contribution in [0.1, 0.15) is 32.8 Å². The van der Waals surface area contributed by atoms with E-state index in [0.29, 0.717) is 26.4 Å². The molecule has 0 saturated heterocycles. The van der Waals surface area contributed by atoms with Gasteiger partial charge in [0.2, 0.25) is 11.8 Å². The van der Waals surface area contributed by atoms with Crippen molar-refractivity contribution in [3.8, 4) is 5.75 Å². The number of carbonyl (C=O) groups excluding carboxylic acids is 2. The van der Waals surface area contributed by atoms with Gasteiger partial charge in [-0.15, -0.1) is 0 Å². The fourth-order valence-electron chi connectivity index (χ4n) is 4.17. The number of benzene rings is 3. The topological polar surface area (TPSA) is 96.0 Å². The van der Waals surface area contributed by atoms with Crippen LogP contribution in [0, 0.1) is 0 Å². The van der Waals surface area contributed by atoms with Gasteiger partial charge < -0.3 is 15.0 Å². The number of methoxy groups -OCH3 is 1. The van der Waals surface area contributed by atoms with Crippen molar-refractivity contribution in [1.82, 2.24) is 10.2 Å². The molecule has 1 N–H and O–H groups in total. The third-order valence-corrected chi connectivity index (χ3v) is 8.94. The monoisotopic (exact) mass is 639 g/mol. The highest BCUT2D eigenvalue weighted by Crippen LogP contribution is 2.29. The molecule has 3 rings (SSSR count). The van der Waals surface area contributed by atoms with Crippen LogP contribution in [0.3, 0.4) is 0 Å². The van der Waals surface area contributed by atoms with Gasteiger partial charge >= 0.3 is 0 Å². The van der Waals surface area contributed by atoms with Crippen molar-refractivity contribution >= 4 is 62.3 Å². The van der Waals surface area contributed by atoms with Crippen LogP contribution in [-0.4, -0.2) is 50.9 Å². The van der Waals surface area contributed by atoms with Crippen LogP contribution in [0.2, 0.25) is 15.1 Å². The summed E-state index contributed by atoms with van der Waals surface area (Å²) in [5.74, 6) is -0.480. The maximum absolute atomic E-state index is 14.1. The number of anilines is 1. The van der Waals surface area contributed by atoms with E-state index in [0.717, 1.165) is 4.31 Å². The molecule has 0 aromatic heterocycles. The number of amides is 2. The van der Waals surface area contributed by atoms with E-state index in [2.05, 4.69) is 5.32 Å². The molecule has 12 heteroatoms. The van der Waals surface area contributed by atoms with Crippen molar-refractivity contribution in [1.29, 1.82) is 0 Å². The lowest BCUT2D eigenvalue weighted by Crippen LogP contribution is -2.53. The molecule has 0 bridgehead atoms. The van der Waals surface area contributed by atoms with E-state index in [-0.39, 0.29) is 35.5 Å². The number of nitrogens with zero attached hydrogens (tertiary/aromatic N) is 2. The third-order valence-electron chi connectivity index (χ3n) is 6.18. The number of hydrogen-bond donors (Lipinski definition) is 1. The minimum Gasteiger partial charge on any atom is -0.497 e. The van der Waals surface area contributed by atoms with E-state index in [9.17, 15) is 18.0 Å².